The lowest BCUT2D eigenvalue weighted by Crippen LogP contribution is -2.49. The number of hydrogen-bond donors (Lipinski definition) is 0. The molecule has 33 heavy (non-hydrogen) atoms. The normalized spacial score (nSPS) is 15.4. The zero-order valence-corrected chi connectivity index (χ0v) is 20.7. The van der Waals surface area contributed by atoms with Crippen LogP contribution in [0.4, 0.5) is 0 Å². The number of carbonyl (C=O) groups excluding carboxylic acids is 2. The molecule has 2 amide bonds. The maximum atomic E-state index is 13.4. The molecule has 2 aromatic rings. The number of carbonyl (C=O) groups is 2. The molecule has 0 saturated carbocycles. The van der Waals surface area contributed by atoms with E-state index >= 15 is 0 Å². The Kier molecular flexibility index (Phi) is 9.29. The number of amides is 2. The highest BCUT2D eigenvalue weighted by atomic mass is 32.1. The molecule has 3 rings (SSSR count). The Bertz CT molecular complexity index is 912. The highest BCUT2D eigenvalue weighted by Crippen LogP contribution is 2.34. The zero-order valence-electron chi connectivity index (χ0n) is 19.9. The molecule has 0 bridgehead atoms. The van der Waals surface area contributed by atoms with E-state index in [4.69, 9.17) is 14.2 Å². The molecule has 2 heterocycles. The summed E-state index contributed by atoms with van der Waals surface area (Å²) < 4.78 is 16.2. The van der Waals surface area contributed by atoms with Gasteiger partial charge in [-0.05, 0) is 47.0 Å². The van der Waals surface area contributed by atoms with Crippen molar-refractivity contribution in [2.75, 3.05) is 53.7 Å². The Morgan fingerprint density at radius 2 is 1.91 bits per heavy atom. The quantitative estimate of drug-likeness (QED) is 0.499. The summed E-state index contributed by atoms with van der Waals surface area (Å²) in [6.07, 6.45) is 0.808. The summed E-state index contributed by atoms with van der Waals surface area (Å²) in [6, 6.07) is 10.0. The molecule has 0 fully saturated rings. The maximum absolute atomic E-state index is 13.4. The first kappa shape index (κ1) is 25.2. The van der Waals surface area contributed by atoms with Gasteiger partial charge in [0.1, 0.15) is 19.0 Å². The van der Waals surface area contributed by atoms with Gasteiger partial charge in [0, 0.05) is 32.2 Å². The van der Waals surface area contributed by atoms with Crippen LogP contribution in [-0.2, 0) is 25.5 Å². The smallest absolute Gasteiger partial charge is 0.249 e. The van der Waals surface area contributed by atoms with Crippen LogP contribution in [0.25, 0.3) is 0 Å². The predicted molar refractivity (Wildman–Crippen MR) is 129 cm³/mol. The molecule has 1 atom stereocenters. The van der Waals surface area contributed by atoms with E-state index in [0.717, 1.165) is 17.7 Å². The molecule has 0 unspecified atom stereocenters. The van der Waals surface area contributed by atoms with Crippen molar-refractivity contribution in [1.29, 1.82) is 0 Å². The summed E-state index contributed by atoms with van der Waals surface area (Å²) in [5, 5.41) is 2.07. The molecule has 1 aliphatic heterocycles. The van der Waals surface area contributed by atoms with Crippen LogP contribution in [0.3, 0.4) is 0 Å². The van der Waals surface area contributed by atoms with Gasteiger partial charge < -0.3 is 24.0 Å². The minimum absolute atomic E-state index is 0.00932. The molecule has 7 nitrogen and oxygen atoms in total. The first-order chi connectivity index (χ1) is 15.9. The van der Waals surface area contributed by atoms with Crippen LogP contribution in [0.1, 0.15) is 41.8 Å². The molecule has 0 radical (unpaired) electrons. The minimum Gasteiger partial charge on any atom is -0.491 e. The van der Waals surface area contributed by atoms with Gasteiger partial charge in [0.25, 0.3) is 0 Å². The number of nitrogens with zero attached hydrogens (tertiary/aromatic N) is 2. The zero-order chi connectivity index (χ0) is 23.8. The van der Waals surface area contributed by atoms with Crippen molar-refractivity contribution in [3.8, 4) is 5.75 Å². The topological polar surface area (TPSA) is 68.3 Å². The maximum Gasteiger partial charge on any atom is 0.249 e. The van der Waals surface area contributed by atoms with E-state index in [1.54, 1.807) is 18.4 Å². The molecule has 0 spiro atoms. The van der Waals surface area contributed by atoms with E-state index in [9.17, 15) is 9.59 Å². The van der Waals surface area contributed by atoms with Crippen LogP contribution in [0.2, 0.25) is 0 Å². The number of hydrogen-bond acceptors (Lipinski definition) is 6. The summed E-state index contributed by atoms with van der Waals surface area (Å²) in [7, 11) is 3.04. The van der Waals surface area contributed by atoms with Crippen molar-refractivity contribution < 1.29 is 23.8 Å². The van der Waals surface area contributed by atoms with Gasteiger partial charge in [-0.1, -0.05) is 26.0 Å². The summed E-state index contributed by atoms with van der Waals surface area (Å²) in [5.74, 6) is 0.914. The molecule has 1 aromatic heterocycles. The van der Waals surface area contributed by atoms with Gasteiger partial charge in [-0.25, -0.2) is 0 Å². The van der Waals surface area contributed by atoms with Crippen LogP contribution in [0.5, 0.6) is 5.75 Å². The number of fused-ring (bicyclic) bond motifs is 1. The van der Waals surface area contributed by atoms with Crippen molar-refractivity contribution in [3.63, 3.8) is 0 Å². The molecular formula is C25H34N2O5S. The highest BCUT2D eigenvalue weighted by molar-refractivity contribution is 7.10. The van der Waals surface area contributed by atoms with E-state index < -0.39 is 0 Å². The van der Waals surface area contributed by atoms with Crippen LogP contribution < -0.4 is 4.74 Å². The first-order valence-corrected chi connectivity index (χ1v) is 12.2. The Hall–Kier alpha value is -2.42. The molecule has 1 aromatic carbocycles. The van der Waals surface area contributed by atoms with Gasteiger partial charge in [0.05, 0.1) is 19.2 Å². The third-order valence-electron chi connectivity index (χ3n) is 5.88. The van der Waals surface area contributed by atoms with Crippen LogP contribution in [0.15, 0.2) is 35.7 Å². The number of benzene rings is 1. The van der Waals surface area contributed by atoms with Gasteiger partial charge in [0.15, 0.2) is 0 Å². The Morgan fingerprint density at radius 3 is 2.58 bits per heavy atom. The fourth-order valence-corrected chi connectivity index (χ4v) is 4.89. The van der Waals surface area contributed by atoms with E-state index in [0.29, 0.717) is 32.2 Å². The molecule has 1 aliphatic rings. The second-order valence-corrected chi connectivity index (χ2v) is 9.43. The lowest BCUT2D eigenvalue weighted by molar-refractivity contribution is -0.145. The van der Waals surface area contributed by atoms with E-state index in [2.05, 4.69) is 37.4 Å². The summed E-state index contributed by atoms with van der Waals surface area (Å²) >= 11 is 1.72. The van der Waals surface area contributed by atoms with Crippen molar-refractivity contribution in [2.45, 2.75) is 32.2 Å². The molecule has 0 N–H and O–H groups in total. The Balaban J connectivity index is 1.73. The monoisotopic (exact) mass is 474 g/mol. The van der Waals surface area contributed by atoms with E-state index in [1.165, 1.54) is 22.5 Å². The lowest BCUT2D eigenvalue weighted by Gasteiger charge is -2.37. The lowest BCUT2D eigenvalue weighted by atomic mass is 10.00. The van der Waals surface area contributed by atoms with Gasteiger partial charge >= 0.3 is 0 Å². The second kappa shape index (κ2) is 12.2. The van der Waals surface area contributed by atoms with Crippen molar-refractivity contribution in [3.05, 3.63) is 51.7 Å². The average Bonchev–Trinajstić information content (AvgIpc) is 3.29. The highest BCUT2D eigenvalue weighted by Gasteiger charge is 2.33. The fourth-order valence-electron chi connectivity index (χ4n) is 3.96. The number of methoxy groups -OCH3 is 2. The Labute approximate surface area is 200 Å². The first-order valence-electron chi connectivity index (χ1n) is 11.3. The number of thiophene rings is 1. The van der Waals surface area contributed by atoms with Crippen LogP contribution in [-0.4, -0.2) is 75.3 Å². The largest absolute Gasteiger partial charge is 0.491 e. The SMILES string of the molecule is COCCN(CC(=O)N1CCc2sccc2[C@H]1COc1ccc(C(C)C)cc1)C(=O)COC. The van der Waals surface area contributed by atoms with Crippen LogP contribution >= 0.6 is 11.3 Å². The Morgan fingerprint density at radius 1 is 1.15 bits per heavy atom. The van der Waals surface area contributed by atoms with Crippen molar-refractivity contribution >= 4 is 23.2 Å². The molecule has 180 valence electrons. The van der Waals surface area contributed by atoms with Gasteiger partial charge in [0.2, 0.25) is 11.8 Å². The van der Waals surface area contributed by atoms with Gasteiger partial charge in [-0.15, -0.1) is 11.3 Å². The molecule has 0 aliphatic carbocycles. The molecular weight excluding hydrogens is 440 g/mol. The average molecular weight is 475 g/mol. The van der Waals surface area contributed by atoms with Gasteiger partial charge in [-0.3, -0.25) is 9.59 Å². The number of ether oxygens (including phenoxy) is 3. The third-order valence-corrected chi connectivity index (χ3v) is 6.88. The summed E-state index contributed by atoms with van der Waals surface area (Å²) in [4.78, 5) is 30.4. The van der Waals surface area contributed by atoms with E-state index in [1.807, 2.05) is 17.0 Å². The standard InChI is InChI=1S/C25H34N2O5S/c1-18(2)19-5-7-20(8-6-19)32-16-22-21-10-14-33-23(21)9-11-27(22)24(28)15-26(12-13-30-3)25(29)17-31-4/h5-8,10,14,18,22H,9,11-13,15-17H2,1-4H3/t22-/m1/s1. The van der Waals surface area contributed by atoms with Crippen molar-refractivity contribution in [1.82, 2.24) is 9.80 Å². The number of rotatable bonds is 11. The van der Waals surface area contributed by atoms with Gasteiger partial charge in [-0.2, -0.15) is 0 Å². The minimum atomic E-state index is -0.228. The molecule has 8 heteroatoms. The summed E-state index contributed by atoms with van der Waals surface area (Å²) in [5.41, 5.74) is 2.39. The van der Waals surface area contributed by atoms with Crippen molar-refractivity contribution in [2.24, 2.45) is 0 Å². The van der Waals surface area contributed by atoms with E-state index in [-0.39, 0.29) is 31.0 Å². The third kappa shape index (κ3) is 6.56. The van der Waals surface area contributed by atoms with Crippen LogP contribution in [0, 0.1) is 0 Å². The molecule has 0 saturated heterocycles. The second-order valence-electron chi connectivity index (χ2n) is 8.43. The fraction of sp³-hybridized carbons (Fsp3) is 0.520. The predicted octanol–water partition coefficient (Wildman–Crippen LogP) is 3.50. The summed E-state index contributed by atoms with van der Waals surface area (Å²) in [6.45, 7) is 5.90.